The average molecular weight is 288 g/mol. The van der Waals surface area contributed by atoms with Crippen LogP contribution in [0, 0.1) is 12.7 Å². The molecule has 1 aliphatic rings. The van der Waals surface area contributed by atoms with Gasteiger partial charge in [0.1, 0.15) is 5.82 Å². The highest BCUT2D eigenvalue weighted by Gasteiger charge is 2.14. The van der Waals surface area contributed by atoms with E-state index in [4.69, 9.17) is 0 Å². The van der Waals surface area contributed by atoms with Crippen LogP contribution >= 0.6 is 0 Å². The van der Waals surface area contributed by atoms with Gasteiger partial charge in [0.25, 0.3) is 0 Å². The fraction of sp³-hybridized carbons (Fsp3) is 0.556. The Kier molecular flexibility index (Phi) is 4.29. The summed E-state index contributed by atoms with van der Waals surface area (Å²) in [5.74, 6) is -0.134. The first-order valence-corrected chi connectivity index (χ1v) is 8.12. The van der Waals surface area contributed by atoms with E-state index in [1.54, 1.807) is 12.1 Å². The number of rotatable bonds is 4. The first-order valence-electron chi connectivity index (χ1n) is 8.12. The molecule has 0 unspecified atom stereocenters. The van der Waals surface area contributed by atoms with Gasteiger partial charge in [0.2, 0.25) is 0 Å². The van der Waals surface area contributed by atoms with Crippen LogP contribution < -0.4 is 0 Å². The van der Waals surface area contributed by atoms with Crippen LogP contribution in [-0.2, 0) is 13.5 Å². The van der Waals surface area contributed by atoms with E-state index < -0.39 is 0 Å². The first kappa shape index (κ1) is 14.6. The van der Waals surface area contributed by atoms with Gasteiger partial charge in [0.15, 0.2) is 0 Å². The summed E-state index contributed by atoms with van der Waals surface area (Å²) < 4.78 is 15.7. The molecule has 114 valence electrons. The summed E-state index contributed by atoms with van der Waals surface area (Å²) in [6.45, 7) is 5.82. The number of halogens is 1. The summed E-state index contributed by atoms with van der Waals surface area (Å²) in [6.07, 6.45) is 6.29. The number of hydrogen-bond acceptors (Lipinski definition) is 1. The monoisotopic (exact) mass is 288 g/mol. The van der Waals surface area contributed by atoms with Crippen molar-refractivity contribution in [3.05, 3.63) is 35.3 Å². The highest BCUT2D eigenvalue weighted by molar-refractivity contribution is 5.85. The van der Waals surface area contributed by atoms with Crippen LogP contribution in [0.1, 0.15) is 36.9 Å². The molecule has 1 fully saturated rings. The van der Waals surface area contributed by atoms with Gasteiger partial charge in [-0.25, -0.2) is 4.39 Å². The van der Waals surface area contributed by atoms with Crippen molar-refractivity contribution in [1.29, 1.82) is 0 Å². The van der Waals surface area contributed by atoms with Gasteiger partial charge in [-0.15, -0.1) is 0 Å². The molecule has 2 aromatic rings. The molecule has 21 heavy (non-hydrogen) atoms. The maximum Gasteiger partial charge on any atom is 0.123 e. The lowest BCUT2D eigenvalue weighted by atomic mass is 10.0. The van der Waals surface area contributed by atoms with Gasteiger partial charge in [-0.3, -0.25) is 0 Å². The molecule has 1 aromatic carbocycles. The van der Waals surface area contributed by atoms with Gasteiger partial charge in [0, 0.05) is 23.6 Å². The predicted molar refractivity (Wildman–Crippen MR) is 86.2 cm³/mol. The fourth-order valence-corrected chi connectivity index (χ4v) is 3.60. The average Bonchev–Trinajstić information content (AvgIpc) is 2.73. The Bertz CT molecular complexity index is 624. The number of aromatic nitrogens is 1. The van der Waals surface area contributed by atoms with Gasteiger partial charge in [-0.05, 0) is 76.0 Å². The quantitative estimate of drug-likeness (QED) is 0.824. The molecule has 0 spiro atoms. The number of fused-ring (bicyclic) bond motifs is 1. The van der Waals surface area contributed by atoms with Crippen molar-refractivity contribution >= 4 is 10.9 Å². The summed E-state index contributed by atoms with van der Waals surface area (Å²) >= 11 is 0. The molecular formula is C18H25FN2. The molecule has 0 amide bonds. The van der Waals surface area contributed by atoms with E-state index in [-0.39, 0.29) is 5.82 Å². The number of benzene rings is 1. The molecule has 0 radical (unpaired) electrons. The number of aryl methyl sites for hydroxylation is 2. The van der Waals surface area contributed by atoms with Crippen LogP contribution in [0.3, 0.4) is 0 Å². The van der Waals surface area contributed by atoms with Crippen molar-refractivity contribution in [3.63, 3.8) is 0 Å². The normalized spacial score (nSPS) is 16.7. The lowest BCUT2D eigenvalue weighted by Crippen LogP contribution is -2.30. The molecule has 0 bridgehead atoms. The molecule has 0 N–H and O–H groups in total. The first-order chi connectivity index (χ1) is 10.2. The van der Waals surface area contributed by atoms with E-state index >= 15 is 0 Å². The molecule has 2 heterocycles. The number of hydrogen-bond donors (Lipinski definition) is 0. The SMILES string of the molecule is Cc1c(CCCN2CCCCC2)c2cc(F)ccc2n1C. The van der Waals surface area contributed by atoms with E-state index in [1.165, 1.54) is 50.2 Å². The summed E-state index contributed by atoms with van der Waals surface area (Å²) in [7, 11) is 2.07. The number of likely N-dealkylation sites (tertiary alicyclic amines) is 1. The maximum atomic E-state index is 13.6. The second kappa shape index (κ2) is 6.18. The zero-order valence-electron chi connectivity index (χ0n) is 13.2. The number of nitrogens with zero attached hydrogens (tertiary/aromatic N) is 2. The molecule has 0 saturated carbocycles. The van der Waals surface area contributed by atoms with Crippen LogP contribution in [0.5, 0.6) is 0 Å². The molecule has 3 rings (SSSR count). The van der Waals surface area contributed by atoms with E-state index in [9.17, 15) is 4.39 Å². The van der Waals surface area contributed by atoms with Gasteiger partial charge < -0.3 is 9.47 Å². The molecule has 3 heteroatoms. The highest BCUT2D eigenvalue weighted by Crippen LogP contribution is 2.27. The van der Waals surface area contributed by atoms with Crippen LogP contribution in [0.15, 0.2) is 18.2 Å². The van der Waals surface area contributed by atoms with Crippen molar-refractivity contribution in [2.45, 2.75) is 39.0 Å². The second-order valence-corrected chi connectivity index (χ2v) is 6.29. The lowest BCUT2D eigenvalue weighted by Gasteiger charge is -2.26. The largest absolute Gasteiger partial charge is 0.348 e. The topological polar surface area (TPSA) is 8.17 Å². The van der Waals surface area contributed by atoms with Crippen molar-refractivity contribution in [1.82, 2.24) is 9.47 Å². The molecule has 2 nitrogen and oxygen atoms in total. The minimum absolute atomic E-state index is 0.134. The van der Waals surface area contributed by atoms with Crippen molar-refractivity contribution in [2.75, 3.05) is 19.6 Å². The summed E-state index contributed by atoms with van der Waals surface area (Å²) in [6, 6.07) is 5.14. The maximum absolute atomic E-state index is 13.6. The summed E-state index contributed by atoms with van der Waals surface area (Å²) in [5, 5.41) is 1.09. The zero-order chi connectivity index (χ0) is 14.8. The zero-order valence-corrected chi connectivity index (χ0v) is 13.2. The minimum Gasteiger partial charge on any atom is -0.348 e. The van der Waals surface area contributed by atoms with Crippen LogP contribution in [0.4, 0.5) is 4.39 Å². The van der Waals surface area contributed by atoms with Gasteiger partial charge >= 0.3 is 0 Å². The summed E-state index contributed by atoms with van der Waals surface area (Å²) in [4.78, 5) is 2.57. The summed E-state index contributed by atoms with van der Waals surface area (Å²) in [5.41, 5.74) is 3.74. The third-order valence-corrected chi connectivity index (χ3v) is 4.93. The Morgan fingerprint density at radius 1 is 1.14 bits per heavy atom. The second-order valence-electron chi connectivity index (χ2n) is 6.29. The fourth-order valence-electron chi connectivity index (χ4n) is 3.60. The Morgan fingerprint density at radius 2 is 1.90 bits per heavy atom. The van der Waals surface area contributed by atoms with E-state index in [1.807, 2.05) is 6.07 Å². The Labute approximate surface area is 126 Å². The Hall–Kier alpha value is -1.35. The molecule has 1 aromatic heterocycles. The highest BCUT2D eigenvalue weighted by atomic mass is 19.1. The standard InChI is InChI=1S/C18H25FN2/c1-14-16(7-6-12-21-10-4-3-5-11-21)17-13-15(19)8-9-18(17)20(14)2/h8-9,13H,3-7,10-12H2,1-2H3. The van der Waals surface area contributed by atoms with E-state index in [0.29, 0.717) is 0 Å². The molecule has 1 aliphatic heterocycles. The van der Waals surface area contributed by atoms with Gasteiger partial charge in [0.05, 0.1) is 0 Å². The van der Waals surface area contributed by atoms with Gasteiger partial charge in [-0.2, -0.15) is 0 Å². The van der Waals surface area contributed by atoms with Crippen LogP contribution in [0.25, 0.3) is 10.9 Å². The molecule has 1 saturated heterocycles. The molecule has 0 atom stereocenters. The van der Waals surface area contributed by atoms with Crippen molar-refractivity contribution in [3.8, 4) is 0 Å². The third-order valence-electron chi connectivity index (χ3n) is 4.93. The van der Waals surface area contributed by atoms with E-state index in [0.717, 1.165) is 23.7 Å². The number of piperidine rings is 1. The van der Waals surface area contributed by atoms with Crippen LogP contribution in [-0.4, -0.2) is 29.1 Å². The van der Waals surface area contributed by atoms with Crippen molar-refractivity contribution < 1.29 is 4.39 Å². The van der Waals surface area contributed by atoms with Crippen molar-refractivity contribution in [2.24, 2.45) is 7.05 Å². The van der Waals surface area contributed by atoms with E-state index in [2.05, 4.69) is 23.4 Å². The molecule has 0 aliphatic carbocycles. The van der Waals surface area contributed by atoms with Crippen LogP contribution in [0.2, 0.25) is 0 Å². The lowest BCUT2D eigenvalue weighted by molar-refractivity contribution is 0.226. The minimum atomic E-state index is -0.134. The third kappa shape index (κ3) is 2.98. The predicted octanol–water partition coefficient (Wildman–Crippen LogP) is 4.04. The molecular weight excluding hydrogens is 263 g/mol. The van der Waals surface area contributed by atoms with Gasteiger partial charge in [-0.1, -0.05) is 6.42 Å². The Balaban J connectivity index is 1.73. The smallest absolute Gasteiger partial charge is 0.123 e. The Morgan fingerprint density at radius 3 is 2.67 bits per heavy atom.